The van der Waals surface area contributed by atoms with E-state index in [4.69, 9.17) is 5.11 Å². The number of nitrogens with zero attached hydrogens (tertiary/aromatic N) is 1. The Morgan fingerprint density at radius 2 is 2.16 bits per heavy atom. The topological polar surface area (TPSA) is 102 Å². The quantitative estimate of drug-likeness (QED) is 0.339. The number of hydrogen-bond acceptors (Lipinski definition) is 6. The maximum atomic E-state index is 11.7. The second-order valence-corrected chi connectivity index (χ2v) is 3.97. The van der Waals surface area contributed by atoms with Crippen LogP contribution in [0.25, 0.3) is 0 Å². The van der Waals surface area contributed by atoms with Crippen LogP contribution >= 0.6 is 0 Å². The number of nitro benzene ring substituents is 1. The number of benzene rings is 1. The summed E-state index contributed by atoms with van der Waals surface area (Å²) >= 11 is 0. The Hall–Kier alpha value is -1.99. The number of nitrogens with one attached hydrogen (secondary N) is 1. The van der Waals surface area contributed by atoms with E-state index in [1.807, 2.05) is 0 Å². The van der Waals surface area contributed by atoms with Crippen molar-refractivity contribution in [2.24, 2.45) is 0 Å². The number of nitro groups is 1. The van der Waals surface area contributed by atoms with Crippen LogP contribution in [0.2, 0.25) is 0 Å². The van der Waals surface area contributed by atoms with Gasteiger partial charge in [-0.15, -0.1) is 0 Å². The predicted octanol–water partition coefficient (Wildman–Crippen LogP) is 0.607. The average Bonchev–Trinajstić information content (AvgIpc) is 2.35. The summed E-state index contributed by atoms with van der Waals surface area (Å²) in [6, 6.07) is 5.43. The van der Waals surface area contributed by atoms with E-state index >= 15 is 0 Å². The van der Waals surface area contributed by atoms with Gasteiger partial charge in [-0.25, -0.2) is 0 Å². The van der Waals surface area contributed by atoms with E-state index in [1.54, 1.807) is 25.2 Å². The van der Waals surface area contributed by atoms with Crippen LogP contribution in [0.3, 0.4) is 0 Å². The van der Waals surface area contributed by atoms with Crippen LogP contribution in [-0.4, -0.2) is 35.4 Å². The van der Waals surface area contributed by atoms with Crippen molar-refractivity contribution in [1.82, 2.24) is 5.32 Å². The van der Waals surface area contributed by atoms with Crippen molar-refractivity contribution in [2.45, 2.75) is 25.7 Å². The molecule has 0 heterocycles. The van der Waals surface area contributed by atoms with E-state index in [1.165, 1.54) is 13.0 Å². The van der Waals surface area contributed by atoms with Crippen LogP contribution in [0.5, 0.6) is 0 Å². The van der Waals surface area contributed by atoms with Crippen LogP contribution < -0.4 is 5.32 Å². The van der Waals surface area contributed by atoms with Gasteiger partial charge < -0.3 is 15.2 Å². The Morgan fingerprint density at radius 1 is 1.53 bits per heavy atom. The molecule has 0 aromatic heterocycles. The van der Waals surface area contributed by atoms with Gasteiger partial charge in [0.2, 0.25) is 0 Å². The summed E-state index contributed by atoms with van der Waals surface area (Å²) in [5.74, 6) is -0.657. The molecule has 0 saturated carbocycles. The molecule has 0 aliphatic carbocycles. The molecule has 19 heavy (non-hydrogen) atoms. The van der Waals surface area contributed by atoms with Crippen molar-refractivity contribution >= 4 is 11.7 Å². The fourth-order valence-corrected chi connectivity index (χ4v) is 1.63. The van der Waals surface area contributed by atoms with Crippen molar-refractivity contribution in [3.05, 3.63) is 39.9 Å². The Balaban J connectivity index is 2.87. The fraction of sp³-hybridized carbons (Fsp3) is 0.417. The number of likely N-dealkylation sites (N-methyl/N-ethyl adjacent to an activating group) is 1. The number of para-hydroxylation sites is 1. The highest BCUT2D eigenvalue weighted by Gasteiger charge is 2.23. The molecule has 0 fully saturated rings. The second-order valence-electron chi connectivity index (χ2n) is 3.97. The molecular weight excluding hydrogens is 252 g/mol. The lowest BCUT2D eigenvalue weighted by atomic mass is 10.0. The number of ether oxygens (including phenoxy) is 1. The van der Waals surface area contributed by atoms with Crippen LogP contribution in [-0.2, 0) is 16.0 Å². The largest absolute Gasteiger partial charge is 0.435 e. The molecule has 0 spiro atoms. The van der Waals surface area contributed by atoms with Gasteiger partial charge in [0.05, 0.1) is 4.92 Å². The minimum atomic E-state index is -1.21. The second kappa shape index (κ2) is 6.81. The Morgan fingerprint density at radius 3 is 2.68 bits per heavy atom. The SMILES string of the molecule is CNC(Cc1ccccc1[N+](=O)[O-])C(=O)OC(C)O. The lowest BCUT2D eigenvalue weighted by molar-refractivity contribution is -0.385. The first kappa shape index (κ1) is 15.1. The first-order valence-corrected chi connectivity index (χ1v) is 5.73. The van der Waals surface area contributed by atoms with Crippen LogP contribution in [0.15, 0.2) is 24.3 Å². The Labute approximate surface area is 110 Å². The van der Waals surface area contributed by atoms with Gasteiger partial charge in [0.15, 0.2) is 6.29 Å². The van der Waals surface area contributed by atoms with Gasteiger partial charge in [-0.3, -0.25) is 14.9 Å². The van der Waals surface area contributed by atoms with Crippen molar-refractivity contribution in [3.8, 4) is 0 Å². The third-order valence-corrected chi connectivity index (χ3v) is 2.53. The van der Waals surface area contributed by atoms with Gasteiger partial charge in [-0.2, -0.15) is 0 Å². The molecule has 0 saturated heterocycles. The van der Waals surface area contributed by atoms with Crippen molar-refractivity contribution in [3.63, 3.8) is 0 Å². The molecule has 2 N–H and O–H groups in total. The van der Waals surface area contributed by atoms with Gasteiger partial charge in [-0.05, 0) is 14.0 Å². The van der Waals surface area contributed by atoms with E-state index in [9.17, 15) is 14.9 Å². The summed E-state index contributed by atoms with van der Waals surface area (Å²) in [6.45, 7) is 1.32. The highest BCUT2D eigenvalue weighted by Crippen LogP contribution is 2.19. The molecule has 7 nitrogen and oxygen atoms in total. The molecule has 2 unspecified atom stereocenters. The molecule has 2 atom stereocenters. The minimum Gasteiger partial charge on any atom is -0.435 e. The highest BCUT2D eigenvalue weighted by molar-refractivity contribution is 5.76. The molecule has 104 valence electrons. The molecule has 1 aromatic carbocycles. The van der Waals surface area contributed by atoms with Crippen molar-refractivity contribution < 1.29 is 19.6 Å². The molecule has 1 rings (SSSR count). The van der Waals surface area contributed by atoms with E-state index < -0.39 is 23.2 Å². The molecule has 7 heteroatoms. The zero-order chi connectivity index (χ0) is 14.4. The van der Waals surface area contributed by atoms with Gasteiger partial charge in [0, 0.05) is 18.1 Å². The van der Waals surface area contributed by atoms with Gasteiger partial charge in [-0.1, -0.05) is 18.2 Å². The fourth-order valence-electron chi connectivity index (χ4n) is 1.63. The number of hydrogen-bond donors (Lipinski definition) is 2. The molecule has 0 aliphatic rings. The van der Waals surface area contributed by atoms with Crippen LogP contribution in [0.1, 0.15) is 12.5 Å². The summed E-state index contributed by atoms with van der Waals surface area (Å²) in [4.78, 5) is 22.0. The van der Waals surface area contributed by atoms with Gasteiger partial charge >= 0.3 is 5.97 Å². The summed E-state index contributed by atoms with van der Waals surface area (Å²) in [5, 5.41) is 22.6. The summed E-state index contributed by atoms with van der Waals surface area (Å²) < 4.78 is 4.66. The monoisotopic (exact) mass is 268 g/mol. The number of aliphatic hydroxyl groups is 1. The average molecular weight is 268 g/mol. The Kier molecular flexibility index (Phi) is 5.40. The molecular formula is C12H16N2O5. The maximum absolute atomic E-state index is 11.7. The third kappa shape index (κ3) is 4.31. The molecule has 0 amide bonds. The summed E-state index contributed by atoms with van der Waals surface area (Å²) in [5.41, 5.74) is 0.377. The lowest BCUT2D eigenvalue weighted by Crippen LogP contribution is -2.39. The van der Waals surface area contributed by atoms with Crippen molar-refractivity contribution in [1.29, 1.82) is 0 Å². The normalized spacial score (nSPS) is 13.6. The summed E-state index contributed by atoms with van der Waals surface area (Å²) in [7, 11) is 1.54. The zero-order valence-electron chi connectivity index (χ0n) is 10.7. The van der Waals surface area contributed by atoms with Gasteiger partial charge in [0.25, 0.3) is 5.69 Å². The Bertz CT molecular complexity index is 461. The number of carbonyl (C=O) groups excluding carboxylic acids is 1. The van der Waals surface area contributed by atoms with E-state index in [0.29, 0.717) is 5.56 Å². The zero-order valence-corrected chi connectivity index (χ0v) is 10.7. The number of aliphatic hydroxyl groups excluding tert-OH is 1. The van der Waals surface area contributed by atoms with E-state index in [2.05, 4.69) is 10.1 Å². The van der Waals surface area contributed by atoms with E-state index in [-0.39, 0.29) is 12.1 Å². The maximum Gasteiger partial charge on any atom is 0.325 e. The van der Waals surface area contributed by atoms with Crippen molar-refractivity contribution in [2.75, 3.05) is 7.05 Å². The molecule has 0 aliphatic heterocycles. The molecule has 0 radical (unpaired) electrons. The molecule has 1 aromatic rings. The van der Waals surface area contributed by atoms with E-state index in [0.717, 1.165) is 0 Å². The number of esters is 1. The van der Waals surface area contributed by atoms with Gasteiger partial charge in [0.1, 0.15) is 6.04 Å². The summed E-state index contributed by atoms with van der Waals surface area (Å²) in [6.07, 6.45) is -1.10. The number of carbonyl (C=O) groups is 1. The highest BCUT2D eigenvalue weighted by atomic mass is 16.6. The first-order valence-electron chi connectivity index (χ1n) is 5.73. The standard InChI is InChI=1S/C12H16N2O5/c1-8(15)19-12(16)10(13-2)7-9-5-3-4-6-11(9)14(17)18/h3-6,8,10,13,15H,7H2,1-2H3. The first-order chi connectivity index (χ1) is 8.95. The molecule has 0 bridgehead atoms. The van der Waals surface area contributed by atoms with Crippen LogP contribution in [0.4, 0.5) is 5.69 Å². The number of rotatable bonds is 6. The minimum absolute atomic E-state index is 0.0485. The smallest absolute Gasteiger partial charge is 0.325 e. The van der Waals surface area contributed by atoms with Crippen LogP contribution in [0, 0.1) is 10.1 Å². The lowest BCUT2D eigenvalue weighted by Gasteiger charge is -2.16. The predicted molar refractivity (Wildman–Crippen MR) is 67.4 cm³/mol. The third-order valence-electron chi connectivity index (χ3n) is 2.53.